The summed E-state index contributed by atoms with van der Waals surface area (Å²) in [6, 6.07) is 1.69. The zero-order valence-electron chi connectivity index (χ0n) is 14.0. The van der Waals surface area contributed by atoms with Crippen LogP contribution in [0.5, 0.6) is 0 Å². The molecule has 0 aromatic carbocycles. The Balaban J connectivity index is 1.76. The van der Waals surface area contributed by atoms with E-state index in [1.54, 1.807) is 18.7 Å². The molecule has 0 radical (unpaired) electrons. The molecule has 0 aliphatic carbocycles. The van der Waals surface area contributed by atoms with Crippen LogP contribution in [0.15, 0.2) is 18.7 Å². The first-order chi connectivity index (χ1) is 11.5. The molecule has 126 valence electrons. The van der Waals surface area contributed by atoms with E-state index in [0.717, 1.165) is 12.4 Å². The summed E-state index contributed by atoms with van der Waals surface area (Å²) in [5, 5.41) is 20.1. The Bertz CT molecular complexity index is 778. The van der Waals surface area contributed by atoms with Crippen molar-refractivity contribution in [2.24, 2.45) is 17.8 Å². The van der Waals surface area contributed by atoms with Crippen molar-refractivity contribution in [2.45, 2.75) is 26.8 Å². The van der Waals surface area contributed by atoms with E-state index in [0.29, 0.717) is 12.2 Å². The van der Waals surface area contributed by atoms with Gasteiger partial charge in [0.25, 0.3) is 0 Å². The zero-order valence-corrected chi connectivity index (χ0v) is 14.0. The van der Waals surface area contributed by atoms with E-state index in [-0.39, 0.29) is 23.7 Å². The molecule has 3 heterocycles. The summed E-state index contributed by atoms with van der Waals surface area (Å²) in [4.78, 5) is 19.1. The van der Waals surface area contributed by atoms with E-state index >= 15 is 0 Å². The highest BCUT2D eigenvalue weighted by Crippen LogP contribution is 2.29. The number of anilines is 1. The van der Waals surface area contributed by atoms with Gasteiger partial charge in [-0.25, -0.2) is 4.98 Å². The fourth-order valence-electron chi connectivity index (χ4n) is 3.06. The van der Waals surface area contributed by atoms with Crippen LogP contribution in [-0.2, 0) is 4.79 Å². The molecule has 24 heavy (non-hydrogen) atoms. The van der Waals surface area contributed by atoms with E-state index in [2.05, 4.69) is 31.5 Å². The molecule has 0 saturated carbocycles. The predicted octanol–water partition coefficient (Wildman–Crippen LogP) is 0.861. The lowest BCUT2D eigenvalue weighted by Crippen LogP contribution is -2.42. The van der Waals surface area contributed by atoms with Gasteiger partial charge in [0.05, 0.1) is 12.0 Å². The number of carbonyl (C=O) groups excluding carboxylic acids is 1. The first-order valence-corrected chi connectivity index (χ1v) is 8.10. The van der Waals surface area contributed by atoms with Crippen molar-refractivity contribution in [1.29, 1.82) is 5.26 Å². The van der Waals surface area contributed by atoms with Crippen molar-refractivity contribution >= 4 is 17.4 Å². The van der Waals surface area contributed by atoms with Gasteiger partial charge in [0.2, 0.25) is 11.6 Å². The average molecular weight is 327 g/mol. The maximum absolute atomic E-state index is 12.6. The number of nitriles is 1. The molecule has 2 aromatic heterocycles. The first kappa shape index (κ1) is 16.2. The van der Waals surface area contributed by atoms with Crippen molar-refractivity contribution in [3.8, 4) is 6.07 Å². The number of hydrogen-bond acceptors (Lipinski definition) is 6. The number of carbonyl (C=O) groups is 1. The predicted molar refractivity (Wildman–Crippen MR) is 88.0 cm³/mol. The Hall–Kier alpha value is -2.69. The minimum atomic E-state index is -0.461. The summed E-state index contributed by atoms with van der Waals surface area (Å²) in [6.07, 6.45) is 5.13. The number of aromatic nitrogens is 4. The van der Waals surface area contributed by atoms with Gasteiger partial charge in [-0.05, 0) is 11.8 Å². The van der Waals surface area contributed by atoms with Crippen molar-refractivity contribution in [2.75, 3.05) is 18.0 Å². The number of hydrogen-bond donors (Lipinski definition) is 1. The molecule has 0 spiro atoms. The van der Waals surface area contributed by atoms with Crippen LogP contribution in [0, 0.1) is 29.1 Å². The summed E-state index contributed by atoms with van der Waals surface area (Å²) < 4.78 is 1.81. The lowest BCUT2D eigenvalue weighted by atomic mass is 9.96. The Kier molecular flexibility index (Phi) is 4.34. The molecule has 1 saturated heterocycles. The number of rotatable bonds is 4. The minimum absolute atomic E-state index is 0.0707. The van der Waals surface area contributed by atoms with Crippen molar-refractivity contribution < 1.29 is 4.79 Å². The molecule has 1 aliphatic rings. The molecule has 1 fully saturated rings. The van der Waals surface area contributed by atoms with Gasteiger partial charge in [-0.3, -0.25) is 9.20 Å². The van der Waals surface area contributed by atoms with E-state index in [9.17, 15) is 10.1 Å². The summed E-state index contributed by atoms with van der Waals surface area (Å²) in [6.45, 7) is 7.17. The molecule has 3 rings (SSSR count). The average Bonchev–Trinajstić information content (AvgIpc) is 3.18. The molecule has 2 aromatic rings. The Morgan fingerprint density at radius 2 is 2.25 bits per heavy atom. The van der Waals surface area contributed by atoms with Gasteiger partial charge in [0.15, 0.2) is 5.82 Å². The summed E-state index contributed by atoms with van der Waals surface area (Å²) >= 11 is 0. The van der Waals surface area contributed by atoms with E-state index in [1.165, 1.54) is 0 Å². The lowest BCUT2D eigenvalue weighted by molar-refractivity contribution is -0.126. The summed E-state index contributed by atoms with van der Waals surface area (Å²) in [5.41, 5.74) is 0.683. The fraction of sp³-hybridized carbons (Fsp3) is 0.562. The Morgan fingerprint density at radius 1 is 1.46 bits per heavy atom. The molecule has 0 unspecified atom stereocenters. The van der Waals surface area contributed by atoms with Crippen molar-refractivity contribution in [3.05, 3.63) is 18.7 Å². The van der Waals surface area contributed by atoms with Crippen LogP contribution < -0.4 is 10.2 Å². The highest BCUT2D eigenvalue weighted by atomic mass is 16.2. The van der Waals surface area contributed by atoms with Crippen LogP contribution in [0.25, 0.3) is 5.65 Å². The molecule has 0 bridgehead atoms. The number of fused-ring (bicyclic) bond motifs is 1. The first-order valence-electron chi connectivity index (χ1n) is 8.10. The van der Waals surface area contributed by atoms with Crippen LogP contribution in [0.4, 0.5) is 5.82 Å². The van der Waals surface area contributed by atoms with Gasteiger partial charge in [0.1, 0.15) is 12.4 Å². The molecule has 1 aliphatic heterocycles. The third-order valence-electron chi connectivity index (χ3n) is 4.55. The molecular weight excluding hydrogens is 306 g/mol. The summed E-state index contributed by atoms with van der Waals surface area (Å²) in [7, 11) is 0. The van der Waals surface area contributed by atoms with E-state index in [4.69, 9.17) is 0 Å². The van der Waals surface area contributed by atoms with Crippen LogP contribution in [0.3, 0.4) is 0 Å². The maximum atomic E-state index is 12.6. The number of nitrogens with one attached hydrogen (secondary N) is 1. The number of nitrogens with zero attached hydrogens (tertiary/aromatic N) is 6. The quantitative estimate of drug-likeness (QED) is 0.894. The van der Waals surface area contributed by atoms with Crippen LogP contribution in [0.2, 0.25) is 0 Å². The van der Waals surface area contributed by atoms with E-state index in [1.807, 2.05) is 25.2 Å². The number of amides is 1. The lowest BCUT2D eigenvalue weighted by Gasteiger charge is -2.20. The van der Waals surface area contributed by atoms with Crippen molar-refractivity contribution in [3.63, 3.8) is 0 Å². The van der Waals surface area contributed by atoms with Gasteiger partial charge in [-0.2, -0.15) is 5.26 Å². The Morgan fingerprint density at radius 3 is 2.96 bits per heavy atom. The minimum Gasteiger partial charge on any atom is -0.352 e. The maximum Gasteiger partial charge on any atom is 0.226 e. The van der Waals surface area contributed by atoms with Crippen LogP contribution in [-0.4, -0.2) is 44.6 Å². The normalized spacial score (nSPS) is 21.9. The van der Waals surface area contributed by atoms with Gasteiger partial charge in [-0.15, -0.1) is 10.2 Å². The Labute approximate surface area is 140 Å². The highest BCUT2D eigenvalue weighted by Gasteiger charge is 2.37. The second-order valence-electron chi connectivity index (χ2n) is 6.66. The molecule has 3 atom stereocenters. The second-order valence-corrected chi connectivity index (χ2v) is 6.66. The standard InChI is InChI=1S/C16H21N7O/c1-10(2)13(6-17)20-16(24)12-8-23(7-11(12)3)14-15-21-19-9-22(15)5-4-18-14/h4-5,9-13H,7-8H2,1-3H3,(H,20,24)/t11-,12+,13-/m0/s1. The van der Waals surface area contributed by atoms with Gasteiger partial charge >= 0.3 is 0 Å². The fourth-order valence-corrected chi connectivity index (χ4v) is 3.06. The van der Waals surface area contributed by atoms with Gasteiger partial charge in [0, 0.05) is 25.5 Å². The zero-order chi connectivity index (χ0) is 17.3. The third-order valence-corrected chi connectivity index (χ3v) is 4.55. The third kappa shape index (κ3) is 2.89. The molecular formula is C16H21N7O. The molecule has 1 amide bonds. The smallest absolute Gasteiger partial charge is 0.226 e. The van der Waals surface area contributed by atoms with Crippen LogP contribution >= 0.6 is 0 Å². The topological polar surface area (TPSA) is 99.2 Å². The van der Waals surface area contributed by atoms with Gasteiger partial charge < -0.3 is 10.2 Å². The van der Waals surface area contributed by atoms with Crippen molar-refractivity contribution in [1.82, 2.24) is 24.9 Å². The molecule has 8 heteroatoms. The largest absolute Gasteiger partial charge is 0.352 e. The highest BCUT2D eigenvalue weighted by molar-refractivity contribution is 5.81. The molecule has 8 nitrogen and oxygen atoms in total. The monoisotopic (exact) mass is 327 g/mol. The van der Waals surface area contributed by atoms with E-state index < -0.39 is 6.04 Å². The molecule has 1 N–H and O–H groups in total. The van der Waals surface area contributed by atoms with Crippen LogP contribution in [0.1, 0.15) is 20.8 Å². The SMILES string of the molecule is CC(C)[C@H](C#N)NC(=O)[C@@H]1CN(c2nccn3cnnc23)C[C@@H]1C. The summed E-state index contributed by atoms with van der Waals surface area (Å²) in [5.74, 6) is 0.737. The van der Waals surface area contributed by atoms with Gasteiger partial charge in [-0.1, -0.05) is 20.8 Å². The second kappa shape index (κ2) is 6.43.